The van der Waals surface area contributed by atoms with Crippen LogP contribution in [-0.4, -0.2) is 5.16 Å². The lowest BCUT2D eigenvalue weighted by molar-refractivity contribution is 0.591. The van der Waals surface area contributed by atoms with Crippen molar-refractivity contribution in [3.63, 3.8) is 0 Å². The van der Waals surface area contributed by atoms with E-state index in [1.807, 2.05) is 6.92 Å². The third-order valence-electron chi connectivity index (χ3n) is 1.19. The van der Waals surface area contributed by atoms with Crippen molar-refractivity contribution in [2.45, 2.75) is 24.9 Å². The van der Waals surface area contributed by atoms with Gasteiger partial charge in [-0.05, 0) is 19.8 Å². The standard InChI is InChI=1S/C4H7OP/c1-4(6-5)2-3-4/h2-3H2,1H3. The highest BCUT2D eigenvalue weighted by Crippen LogP contribution is 2.46. The van der Waals surface area contributed by atoms with Crippen LogP contribution in [0, 0.1) is 0 Å². The van der Waals surface area contributed by atoms with Gasteiger partial charge in [0, 0.05) is 5.16 Å². The first-order valence-electron chi connectivity index (χ1n) is 2.11. The summed E-state index contributed by atoms with van der Waals surface area (Å²) in [6.45, 7) is 2.03. The molecule has 0 aromatic carbocycles. The smallest absolute Gasteiger partial charge is 0.161 e. The fraction of sp³-hybridized carbons (Fsp3) is 1.00. The van der Waals surface area contributed by atoms with Gasteiger partial charge in [0.1, 0.15) is 0 Å². The summed E-state index contributed by atoms with van der Waals surface area (Å²) in [6, 6.07) is 0. The molecule has 1 nitrogen and oxygen atoms in total. The third kappa shape index (κ3) is 0.601. The van der Waals surface area contributed by atoms with E-state index < -0.39 is 0 Å². The summed E-state index contributed by atoms with van der Waals surface area (Å²) < 4.78 is 9.99. The lowest BCUT2D eigenvalue weighted by atomic mass is 10.5. The van der Waals surface area contributed by atoms with Crippen molar-refractivity contribution < 1.29 is 4.57 Å². The molecular weight excluding hydrogens is 95.0 g/mol. The largest absolute Gasteiger partial charge is 0.274 e. The lowest BCUT2D eigenvalue weighted by Gasteiger charge is -1.83. The molecule has 0 unspecified atom stereocenters. The van der Waals surface area contributed by atoms with Gasteiger partial charge in [-0.25, -0.2) is 0 Å². The highest BCUT2D eigenvalue weighted by molar-refractivity contribution is 7.26. The second-order valence-electron chi connectivity index (χ2n) is 2.09. The SMILES string of the molecule is CC1(P=O)CC1. The number of hydrogen-bond acceptors (Lipinski definition) is 1. The van der Waals surface area contributed by atoms with Crippen molar-refractivity contribution in [1.82, 2.24) is 0 Å². The van der Waals surface area contributed by atoms with Gasteiger partial charge in [0.05, 0.1) is 0 Å². The van der Waals surface area contributed by atoms with E-state index >= 15 is 0 Å². The molecule has 0 aromatic heterocycles. The van der Waals surface area contributed by atoms with Crippen molar-refractivity contribution in [3.05, 3.63) is 0 Å². The molecule has 1 fully saturated rings. The van der Waals surface area contributed by atoms with Gasteiger partial charge in [-0.15, -0.1) is 0 Å². The fourth-order valence-corrected chi connectivity index (χ4v) is 0.567. The van der Waals surface area contributed by atoms with Gasteiger partial charge in [-0.3, -0.25) is 4.57 Å². The molecule has 0 bridgehead atoms. The van der Waals surface area contributed by atoms with Crippen LogP contribution in [0.5, 0.6) is 0 Å². The molecule has 0 spiro atoms. The Hall–Kier alpha value is 0.100. The summed E-state index contributed by atoms with van der Waals surface area (Å²) in [5.74, 6) is 0. The van der Waals surface area contributed by atoms with Crippen LogP contribution in [0.1, 0.15) is 19.8 Å². The molecule has 1 aliphatic carbocycles. The van der Waals surface area contributed by atoms with Crippen LogP contribution in [0.2, 0.25) is 0 Å². The predicted molar refractivity (Wildman–Crippen MR) is 25.2 cm³/mol. The molecule has 34 valence electrons. The average Bonchev–Trinajstić information content (AvgIpc) is 2.22. The molecule has 0 aromatic rings. The van der Waals surface area contributed by atoms with Crippen LogP contribution in [0.15, 0.2) is 0 Å². The average molecular weight is 102 g/mol. The van der Waals surface area contributed by atoms with E-state index in [4.69, 9.17) is 0 Å². The highest BCUT2D eigenvalue weighted by Gasteiger charge is 2.38. The summed E-state index contributed by atoms with van der Waals surface area (Å²) >= 11 is 0. The van der Waals surface area contributed by atoms with Crippen molar-refractivity contribution in [3.8, 4) is 0 Å². The van der Waals surface area contributed by atoms with Gasteiger partial charge in [0.15, 0.2) is 8.46 Å². The minimum absolute atomic E-state index is 0.208. The Labute approximate surface area is 38.9 Å². The maximum Gasteiger partial charge on any atom is 0.161 e. The molecule has 0 heterocycles. The summed E-state index contributed by atoms with van der Waals surface area (Å²) in [6.07, 6.45) is 2.30. The molecule has 0 aliphatic heterocycles. The first-order valence-corrected chi connectivity index (χ1v) is 2.93. The molecular formula is C4H7OP. The normalized spacial score (nSPS) is 27.5. The molecule has 2 heteroatoms. The van der Waals surface area contributed by atoms with E-state index in [9.17, 15) is 4.57 Å². The summed E-state index contributed by atoms with van der Waals surface area (Å²) in [7, 11) is 0.336. The van der Waals surface area contributed by atoms with Gasteiger partial charge >= 0.3 is 0 Å². The number of rotatable bonds is 1. The molecule has 0 atom stereocenters. The minimum Gasteiger partial charge on any atom is -0.274 e. The molecule has 0 radical (unpaired) electrons. The maximum atomic E-state index is 9.99. The molecule has 0 N–H and O–H groups in total. The Balaban J connectivity index is 2.47. The van der Waals surface area contributed by atoms with Crippen molar-refractivity contribution in [1.29, 1.82) is 0 Å². The van der Waals surface area contributed by atoms with Crippen LogP contribution < -0.4 is 0 Å². The monoisotopic (exact) mass is 102 g/mol. The van der Waals surface area contributed by atoms with Gasteiger partial charge < -0.3 is 0 Å². The lowest BCUT2D eigenvalue weighted by Crippen LogP contribution is -1.81. The Kier molecular flexibility index (Phi) is 0.736. The molecule has 6 heavy (non-hydrogen) atoms. The van der Waals surface area contributed by atoms with Crippen LogP contribution >= 0.6 is 8.46 Å². The Morgan fingerprint density at radius 3 is 2.17 bits per heavy atom. The first kappa shape index (κ1) is 4.26. The van der Waals surface area contributed by atoms with Crippen LogP contribution in [-0.2, 0) is 4.57 Å². The van der Waals surface area contributed by atoms with Crippen molar-refractivity contribution in [2.75, 3.05) is 0 Å². The minimum atomic E-state index is 0.208. The topological polar surface area (TPSA) is 17.1 Å². The van der Waals surface area contributed by atoms with Gasteiger partial charge in [-0.1, -0.05) is 0 Å². The molecule has 1 rings (SSSR count). The van der Waals surface area contributed by atoms with Gasteiger partial charge in [0.25, 0.3) is 0 Å². The zero-order chi connectivity index (χ0) is 4.62. The van der Waals surface area contributed by atoms with Crippen LogP contribution in [0.25, 0.3) is 0 Å². The second kappa shape index (κ2) is 1.04. The van der Waals surface area contributed by atoms with Crippen molar-refractivity contribution in [2.24, 2.45) is 0 Å². The summed E-state index contributed by atoms with van der Waals surface area (Å²) in [5, 5.41) is 0.208. The van der Waals surface area contributed by atoms with Crippen molar-refractivity contribution >= 4 is 8.46 Å². The predicted octanol–water partition coefficient (Wildman–Crippen LogP) is 1.83. The summed E-state index contributed by atoms with van der Waals surface area (Å²) in [5.41, 5.74) is 0. The zero-order valence-electron chi connectivity index (χ0n) is 3.77. The Morgan fingerprint density at radius 2 is 2.17 bits per heavy atom. The third-order valence-corrected chi connectivity index (χ3v) is 2.08. The molecule has 0 saturated heterocycles. The van der Waals surface area contributed by atoms with E-state index in [0.29, 0.717) is 8.46 Å². The number of hydrogen-bond donors (Lipinski definition) is 0. The molecule has 0 amide bonds. The Bertz CT molecular complexity index is 75.6. The quantitative estimate of drug-likeness (QED) is 0.461. The van der Waals surface area contributed by atoms with Gasteiger partial charge in [0.2, 0.25) is 0 Å². The molecule has 1 aliphatic rings. The highest BCUT2D eigenvalue weighted by atomic mass is 31.1. The molecule has 1 saturated carbocycles. The van der Waals surface area contributed by atoms with Crippen LogP contribution in [0.3, 0.4) is 0 Å². The van der Waals surface area contributed by atoms with E-state index in [-0.39, 0.29) is 5.16 Å². The van der Waals surface area contributed by atoms with Crippen LogP contribution in [0.4, 0.5) is 0 Å². The van der Waals surface area contributed by atoms with Gasteiger partial charge in [-0.2, -0.15) is 0 Å². The van der Waals surface area contributed by atoms with E-state index in [1.54, 1.807) is 0 Å². The first-order chi connectivity index (χ1) is 2.77. The zero-order valence-corrected chi connectivity index (χ0v) is 4.66. The second-order valence-corrected chi connectivity index (χ2v) is 3.35. The summed E-state index contributed by atoms with van der Waals surface area (Å²) in [4.78, 5) is 0. The van der Waals surface area contributed by atoms with E-state index in [1.165, 1.54) is 0 Å². The maximum absolute atomic E-state index is 9.99. The Morgan fingerprint density at radius 1 is 1.67 bits per heavy atom. The van der Waals surface area contributed by atoms with E-state index in [0.717, 1.165) is 12.8 Å². The fourth-order valence-electron chi connectivity index (χ4n) is 0.272. The van der Waals surface area contributed by atoms with E-state index in [2.05, 4.69) is 0 Å².